The SMILES string of the molecule is C=CC[C@H](CC1CO1)OC(=O)[C@H](OC)c1ccc2ccccc2c1. The van der Waals surface area contributed by atoms with Crippen molar-refractivity contribution < 1.29 is 19.0 Å². The molecule has 3 rings (SSSR count). The highest BCUT2D eigenvalue weighted by molar-refractivity contribution is 5.85. The summed E-state index contributed by atoms with van der Waals surface area (Å²) in [5, 5.41) is 2.19. The number of rotatable bonds is 8. The van der Waals surface area contributed by atoms with Crippen LogP contribution in [-0.4, -0.2) is 31.9 Å². The molecular formula is C20H22O4. The first-order chi connectivity index (χ1) is 11.7. The van der Waals surface area contributed by atoms with E-state index >= 15 is 0 Å². The van der Waals surface area contributed by atoms with Gasteiger partial charge in [0.25, 0.3) is 0 Å². The van der Waals surface area contributed by atoms with Gasteiger partial charge in [0.05, 0.1) is 12.7 Å². The van der Waals surface area contributed by atoms with Gasteiger partial charge in [-0.25, -0.2) is 4.79 Å². The summed E-state index contributed by atoms with van der Waals surface area (Å²) in [7, 11) is 1.52. The zero-order valence-corrected chi connectivity index (χ0v) is 13.8. The van der Waals surface area contributed by atoms with E-state index in [1.807, 2.05) is 42.5 Å². The van der Waals surface area contributed by atoms with Crippen molar-refractivity contribution in [2.75, 3.05) is 13.7 Å². The normalized spacial score (nSPS) is 18.8. The maximum Gasteiger partial charge on any atom is 0.340 e. The van der Waals surface area contributed by atoms with Crippen LogP contribution in [0.5, 0.6) is 0 Å². The van der Waals surface area contributed by atoms with Crippen molar-refractivity contribution in [3.05, 3.63) is 60.7 Å². The topological polar surface area (TPSA) is 48.1 Å². The molecule has 0 radical (unpaired) electrons. The van der Waals surface area contributed by atoms with Crippen molar-refractivity contribution >= 4 is 16.7 Å². The molecule has 0 N–H and O–H groups in total. The number of methoxy groups -OCH3 is 1. The van der Waals surface area contributed by atoms with Gasteiger partial charge in [-0.3, -0.25) is 0 Å². The molecule has 1 aliphatic rings. The van der Waals surface area contributed by atoms with Gasteiger partial charge in [0.2, 0.25) is 0 Å². The van der Waals surface area contributed by atoms with Crippen LogP contribution in [0.3, 0.4) is 0 Å². The van der Waals surface area contributed by atoms with E-state index in [0.29, 0.717) is 12.8 Å². The Morgan fingerprint density at radius 1 is 1.33 bits per heavy atom. The molecule has 1 aliphatic heterocycles. The van der Waals surface area contributed by atoms with Crippen molar-refractivity contribution in [2.45, 2.75) is 31.2 Å². The molecular weight excluding hydrogens is 304 g/mol. The summed E-state index contributed by atoms with van der Waals surface area (Å²) in [4.78, 5) is 12.6. The largest absolute Gasteiger partial charge is 0.460 e. The van der Waals surface area contributed by atoms with Gasteiger partial charge in [-0.05, 0) is 22.4 Å². The summed E-state index contributed by atoms with van der Waals surface area (Å²) < 4.78 is 16.3. The predicted molar refractivity (Wildman–Crippen MR) is 92.7 cm³/mol. The lowest BCUT2D eigenvalue weighted by molar-refractivity contribution is -0.161. The molecule has 126 valence electrons. The Bertz CT molecular complexity index is 720. The molecule has 2 aromatic carbocycles. The smallest absolute Gasteiger partial charge is 0.340 e. The van der Waals surface area contributed by atoms with Crippen LogP contribution in [0.2, 0.25) is 0 Å². The zero-order chi connectivity index (χ0) is 16.9. The molecule has 1 saturated heterocycles. The van der Waals surface area contributed by atoms with Gasteiger partial charge in [-0.2, -0.15) is 0 Å². The molecule has 2 aromatic rings. The quantitative estimate of drug-likeness (QED) is 0.420. The van der Waals surface area contributed by atoms with Crippen LogP contribution in [0.1, 0.15) is 24.5 Å². The first-order valence-corrected chi connectivity index (χ1v) is 8.15. The van der Waals surface area contributed by atoms with E-state index in [1.165, 1.54) is 7.11 Å². The highest BCUT2D eigenvalue weighted by atomic mass is 16.6. The molecule has 1 unspecified atom stereocenters. The van der Waals surface area contributed by atoms with E-state index < -0.39 is 6.10 Å². The first-order valence-electron chi connectivity index (χ1n) is 8.15. The van der Waals surface area contributed by atoms with Gasteiger partial charge >= 0.3 is 5.97 Å². The molecule has 0 amide bonds. The van der Waals surface area contributed by atoms with Crippen LogP contribution in [0.15, 0.2) is 55.1 Å². The Morgan fingerprint density at radius 2 is 2.08 bits per heavy atom. The number of carbonyl (C=O) groups excluding carboxylic acids is 1. The number of hydrogen-bond donors (Lipinski definition) is 0. The highest BCUT2D eigenvalue weighted by Gasteiger charge is 2.30. The number of epoxide rings is 1. The Hall–Kier alpha value is -2.17. The van der Waals surface area contributed by atoms with Gasteiger partial charge < -0.3 is 14.2 Å². The van der Waals surface area contributed by atoms with Crippen molar-refractivity contribution in [2.24, 2.45) is 0 Å². The third kappa shape index (κ3) is 4.02. The predicted octanol–water partition coefficient (Wildman–Crippen LogP) is 3.80. The molecule has 0 aromatic heterocycles. The average molecular weight is 326 g/mol. The van der Waals surface area contributed by atoms with Crippen LogP contribution in [0, 0.1) is 0 Å². The Balaban J connectivity index is 1.75. The van der Waals surface area contributed by atoms with Gasteiger partial charge in [0.1, 0.15) is 6.10 Å². The second-order valence-corrected chi connectivity index (χ2v) is 6.00. The minimum Gasteiger partial charge on any atom is -0.460 e. The fourth-order valence-electron chi connectivity index (χ4n) is 2.84. The third-order valence-corrected chi connectivity index (χ3v) is 4.17. The number of hydrogen-bond acceptors (Lipinski definition) is 4. The zero-order valence-electron chi connectivity index (χ0n) is 13.8. The number of fused-ring (bicyclic) bond motifs is 1. The second kappa shape index (κ2) is 7.60. The molecule has 0 saturated carbocycles. The molecule has 0 bridgehead atoms. The number of carbonyl (C=O) groups is 1. The van der Waals surface area contributed by atoms with Gasteiger partial charge in [-0.15, -0.1) is 6.58 Å². The lowest BCUT2D eigenvalue weighted by Gasteiger charge is -2.20. The Labute approximate surface area is 142 Å². The molecule has 4 heteroatoms. The molecule has 1 fully saturated rings. The average Bonchev–Trinajstić information content (AvgIpc) is 3.39. The lowest BCUT2D eigenvalue weighted by atomic mass is 10.0. The summed E-state index contributed by atoms with van der Waals surface area (Å²) in [6, 6.07) is 13.9. The molecule has 3 atom stereocenters. The van der Waals surface area contributed by atoms with Crippen molar-refractivity contribution in [3.63, 3.8) is 0 Å². The number of esters is 1. The third-order valence-electron chi connectivity index (χ3n) is 4.17. The summed E-state index contributed by atoms with van der Waals surface area (Å²) in [5.41, 5.74) is 0.793. The monoisotopic (exact) mass is 326 g/mol. The molecule has 4 nitrogen and oxygen atoms in total. The van der Waals surface area contributed by atoms with Gasteiger partial charge in [0.15, 0.2) is 6.10 Å². The summed E-state index contributed by atoms with van der Waals surface area (Å²) in [5.74, 6) is -0.375. The molecule has 0 aliphatic carbocycles. The van der Waals surface area contributed by atoms with E-state index in [1.54, 1.807) is 6.08 Å². The van der Waals surface area contributed by atoms with Gasteiger partial charge in [-0.1, -0.05) is 42.5 Å². The van der Waals surface area contributed by atoms with Crippen LogP contribution in [-0.2, 0) is 19.0 Å². The Kier molecular flexibility index (Phi) is 5.28. The number of benzene rings is 2. The molecule has 0 spiro atoms. The van der Waals surface area contributed by atoms with E-state index in [-0.39, 0.29) is 18.2 Å². The maximum atomic E-state index is 12.6. The van der Waals surface area contributed by atoms with Gasteiger partial charge in [0, 0.05) is 20.0 Å². The van der Waals surface area contributed by atoms with Crippen LogP contribution >= 0.6 is 0 Å². The highest BCUT2D eigenvalue weighted by Crippen LogP contribution is 2.26. The lowest BCUT2D eigenvalue weighted by Crippen LogP contribution is -2.25. The van der Waals surface area contributed by atoms with Crippen molar-refractivity contribution in [1.82, 2.24) is 0 Å². The summed E-state index contributed by atoms with van der Waals surface area (Å²) >= 11 is 0. The summed E-state index contributed by atoms with van der Waals surface area (Å²) in [6.07, 6.45) is 2.32. The number of ether oxygens (including phenoxy) is 3. The second-order valence-electron chi connectivity index (χ2n) is 6.00. The maximum absolute atomic E-state index is 12.6. The first kappa shape index (κ1) is 16.7. The minimum atomic E-state index is -0.734. The molecule has 1 heterocycles. The van der Waals surface area contributed by atoms with E-state index in [9.17, 15) is 4.79 Å². The van der Waals surface area contributed by atoms with Crippen molar-refractivity contribution in [1.29, 1.82) is 0 Å². The van der Waals surface area contributed by atoms with E-state index in [0.717, 1.165) is 22.9 Å². The Morgan fingerprint density at radius 3 is 2.75 bits per heavy atom. The van der Waals surface area contributed by atoms with Crippen LogP contribution < -0.4 is 0 Å². The minimum absolute atomic E-state index is 0.199. The fourth-order valence-corrected chi connectivity index (χ4v) is 2.84. The summed E-state index contributed by atoms with van der Waals surface area (Å²) in [6.45, 7) is 4.47. The van der Waals surface area contributed by atoms with E-state index in [2.05, 4.69) is 6.58 Å². The van der Waals surface area contributed by atoms with Crippen molar-refractivity contribution in [3.8, 4) is 0 Å². The van der Waals surface area contributed by atoms with Crippen LogP contribution in [0.4, 0.5) is 0 Å². The standard InChI is InChI=1S/C20H22O4/c1-3-6-17(12-18-13-23-18)24-20(21)19(22-2)16-10-9-14-7-4-5-8-15(14)11-16/h3-5,7-11,17-19H,1,6,12-13H2,2H3/t17-,18?,19-/m1/s1. The fraction of sp³-hybridized carbons (Fsp3) is 0.350. The van der Waals surface area contributed by atoms with Crippen LogP contribution in [0.25, 0.3) is 10.8 Å². The van der Waals surface area contributed by atoms with E-state index in [4.69, 9.17) is 14.2 Å². The molecule has 24 heavy (non-hydrogen) atoms.